The van der Waals surface area contributed by atoms with E-state index in [0.717, 1.165) is 12.8 Å². The van der Waals surface area contributed by atoms with Gasteiger partial charge in [-0.05, 0) is 55.7 Å². The lowest BCUT2D eigenvalue weighted by atomic mass is 9.64. The molecule has 2 saturated carbocycles. The number of ether oxygens (including phenoxy) is 1. The molecule has 7 atom stereocenters. The smallest absolute Gasteiger partial charge is 0.323 e. The van der Waals surface area contributed by atoms with Crippen molar-refractivity contribution in [2.75, 3.05) is 6.61 Å². The Kier molecular flexibility index (Phi) is 6.30. The second kappa shape index (κ2) is 8.87. The predicted octanol–water partition coefficient (Wildman–Crippen LogP) is 2.61. The van der Waals surface area contributed by atoms with E-state index in [1.165, 1.54) is 5.56 Å². The fourth-order valence-corrected chi connectivity index (χ4v) is 7.77. The van der Waals surface area contributed by atoms with Gasteiger partial charge in [-0.15, -0.1) is 0 Å². The molecule has 1 aromatic carbocycles. The van der Waals surface area contributed by atoms with Crippen LogP contribution in [0, 0.1) is 23.2 Å². The third-order valence-corrected chi connectivity index (χ3v) is 9.87. The van der Waals surface area contributed by atoms with Gasteiger partial charge in [-0.25, -0.2) is 0 Å². The minimum atomic E-state index is -1.78. The third kappa shape index (κ3) is 3.85. The fourth-order valence-electron chi connectivity index (χ4n) is 7.77. The number of fused-ring (bicyclic) bond motifs is 5. The first-order chi connectivity index (χ1) is 17.4. The summed E-state index contributed by atoms with van der Waals surface area (Å²) in [5.41, 5.74) is 4.00. The zero-order valence-electron chi connectivity index (χ0n) is 21.9. The lowest BCUT2D eigenvalue weighted by molar-refractivity contribution is -0.173. The number of Topliss-reactive ketones (excluding diaryl/α,β-unsaturated/α-hetero) is 1. The number of hydrogen-bond donors (Lipinski definition) is 4. The Hall–Kier alpha value is -2.32. The van der Waals surface area contributed by atoms with Crippen molar-refractivity contribution in [3.8, 4) is 0 Å². The number of nitrogens with two attached hydrogens (primary N) is 1. The van der Waals surface area contributed by atoms with Crippen LogP contribution in [0.2, 0.25) is 0 Å². The summed E-state index contributed by atoms with van der Waals surface area (Å²) in [6.07, 6.45) is 6.29. The molecule has 5 rings (SSSR count). The van der Waals surface area contributed by atoms with E-state index in [2.05, 4.69) is 12.1 Å². The van der Waals surface area contributed by atoms with E-state index in [1.807, 2.05) is 38.1 Å². The Morgan fingerprint density at radius 3 is 2.54 bits per heavy atom. The van der Waals surface area contributed by atoms with E-state index in [1.54, 1.807) is 13.0 Å². The van der Waals surface area contributed by atoms with E-state index in [9.17, 15) is 24.9 Å². The quantitative estimate of drug-likeness (QED) is 0.328. The van der Waals surface area contributed by atoms with Gasteiger partial charge in [0.05, 0.1) is 12.2 Å². The van der Waals surface area contributed by atoms with Crippen molar-refractivity contribution in [2.24, 2.45) is 28.9 Å². The average Bonchev–Trinajstić information content (AvgIpc) is 3.29. The molecule has 7 heteroatoms. The molecule has 0 heterocycles. The van der Waals surface area contributed by atoms with Crippen LogP contribution in [-0.2, 0) is 20.7 Å². The number of hydrogen-bond acceptors (Lipinski definition) is 7. The van der Waals surface area contributed by atoms with Crippen LogP contribution in [0.3, 0.4) is 0 Å². The Labute approximate surface area is 218 Å². The minimum absolute atomic E-state index is 0.0219. The predicted molar refractivity (Wildman–Crippen MR) is 138 cm³/mol. The SMILES string of the molecule is CC1=C[C@H]2[C@@]3(O)CC[C@]4(OC(=O)[C@H](N)CCCc5ccccc5)[C@@H]([C@@H]3C=C(CO)C[C@]2(O)C1=O)C4(C)C. The van der Waals surface area contributed by atoms with Gasteiger partial charge in [0.25, 0.3) is 0 Å². The van der Waals surface area contributed by atoms with Crippen LogP contribution in [0.5, 0.6) is 0 Å². The number of aliphatic hydroxyl groups excluding tert-OH is 1. The van der Waals surface area contributed by atoms with Crippen LogP contribution in [0.15, 0.2) is 53.6 Å². The van der Waals surface area contributed by atoms with Crippen LogP contribution >= 0.6 is 0 Å². The van der Waals surface area contributed by atoms with Gasteiger partial charge in [0.1, 0.15) is 17.2 Å². The first kappa shape index (κ1) is 26.3. The van der Waals surface area contributed by atoms with E-state index in [-0.39, 0.29) is 25.4 Å². The van der Waals surface area contributed by atoms with Crippen molar-refractivity contribution in [3.63, 3.8) is 0 Å². The molecule has 0 spiro atoms. The van der Waals surface area contributed by atoms with E-state index < -0.39 is 51.8 Å². The molecule has 0 unspecified atom stereocenters. The van der Waals surface area contributed by atoms with Crippen molar-refractivity contribution >= 4 is 11.8 Å². The second-order valence-electron chi connectivity index (χ2n) is 12.3. The molecule has 1 aromatic rings. The maximum Gasteiger partial charge on any atom is 0.323 e. The molecule has 0 radical (unpaired) electrons. The fraction of sp³-hybridized carbons (Fsp3) is 0.600. The largest absolute Gasteiger partial charge is 0.457 e. The molecule has 0 bridgehead atoms. The number of carbonyl (C=O) groups excluding carboxylic acids is 2. The minimum Gasteiger partial charge on any atom is -0.457 e. The lowest BCUT2D eigenvalue weighted by Gasteiger charge is -2.46. The molecule has 0 aliphatic heterocycles. The van der Waals surface area contributed by atoms with Crippen LogP contribution in [-0.4, -0.2) is 56.5 Å². The number of esters is 1. The van der Waals surface area contributed by atoms with Gasteiger partial charge in [-0.1, -0.05) is 56.3 Å². The first-order valence-electron chi connectivity index (χ1n) is 13.4. The highest BCUT2D eigenvalue weighted by molar-refractivity contribution is 6.04. The summed E-state index contributed by atoms with van der Waals surface area (Å²) < 4.78 is 6.20. The van der Waals surface area contributed by atoms with Crippen molar-refractivity contribution in [2.45, 2.75) is 82.1 Å². The van der Waals surface area contributed by atoms with E-state index >= 15 is 0 Å². The zero-order chi connectivity index (χ0) is 26.8. The second-order valence-corrected chi connectivity index (χ2v) is 12.3. The van der Waals surface area contributed by atoms with Gasteiger partial charge < -0.3 is 25.8 Å². The van der Waals surface area contributed by atoms with Crippen molar-refractivity contribution in [1.29, 1.82) is 0 Å². The molecule has 200 valence electrons. The topological polar surface area (TPSA) is 130 Å². The van der Waals surface area contributed by atoms with Crippen LogP contribution < -0.4 is 5.73 Å². The highest BCUT2D eigenvalue weighted by atomic mass is 16.6. The van der Waals surface area contributed by atoms with Gasteiger partial charge >= 0.3 is 5.97 Å². The number of carbonyl (C=O) groups is 2. The number of benzene rings is 1. The monoisotopic (exact) mass is 509 g/mol. The normalized spacial score (nSPS) is 38.4. The molecule has 0 saturated heterocycles. The van der Waals surface area contributed by atoms with Crippen molar-refractivity contribution in [3.05, 3.63) is 59.2 Å². The van der Waals surface area contributed by atoms with E-state index in [0.29, 0.717) is 24.0 Å². The molecule has 2 fully saturated rings. The molecule has 7 nitrogen and oxygen atoms in total. The van der Waals surface area contributed by atoms with Gasteiger partial charge in [0.15, 0.2) is 5.78 Å². The van der Waals surface area contributed by atoms with Gasteiger partial charge in [0.2, 0.25) is 0 Å². The zero-order valence-corrected chi connectivity index (χ0v) is 21.9. The Bertz CT molecular complexity index is 1160. The number of aryl methyl sites for hydroxylation is 1. The Morgan fingerprint density at radius 1 is 1.16 bits per heavy atom. The highest BCUT2D eigenvalue weighted by Gasteiger charge is 2.81. The van der Waals surface area contributed by atoms with Gasteiger partial charge in [0, 0.05) is 29.6 Å². The van der Waals surface area contributed by atoms with Crippen LogP contribution in [0.25, 0.3) is 0 Å². The average molecular weight is 510 g/mol. The summed E-state index contributed by atoms with van der Waals surface area (Å²) in [5.74, 6) is -2.34. The molecule has 37 heavy (non-hydrogen) atoms. The van der Waals surface area contributed by atoms with Gasteiger partial charge in [-0.3, -0.25) is 9.59 Å². The molecule has 0 amide bonds. The third-order valence-electron chi connectivity index (χ3n) is 9.87. The number of aliphatic hydroxyl groups is 3. The molecule has 4 aliphatic rings. The van der Waals surface area contributed by atoms with E-state index in [4.69, 9.17) is 10.5 Å². The summed E-state index contributed by atoms with van der Waals surface area (Å²) >= 11 is 0. The molecule has 0 aromatic heterocycles. The molecular formula is C30H39NO6. The summed E-state index contributed by atoms with van der Waals surface area (Å²) in [4.78, 5) is 26.1. The summed E-state index contributed by atoms with van der Waals surface area (Å²) in [6.45, 7) is 5.40. The summed E-state index contributed by atoms with van der Waals surface area (Å²) in [7, 11) is 0. The maximum absolute atomic E-state index is 13.2. The number of rotatable bonds is 7. The number of ketones is 1. The summed E-state index contributed by atoms with van der Waals surface area (Å²) in [6, 6.07) is 9.33. The highest BCUT2D eigenvalue weighted by Crippen LogP contribution is 2.75. The molecule has 4 aliphatic carbocycles. The van der Waals surface area contributed by atoms with Crippen molar-refractivity contribution in [1.82, 2.24) is 0 Å². The van der Waals surface area contributed by atoms with Crippen molar-refractivity contribution < 1.29 is 29.6 Å². The van der Waals surface area contributed by atoms with Crippen LogP contribution in [0.1, 0.15) is 58.4 Å². The maximum atomic E-state index is 13.2. The summed E-state index contributed by atoms with van der Waals surface area (Å²) in [5, 5.41) is 33.7. The van der Waals surface area contributed by atoms with Gasteiger partial charge in [-0.2, -0.15) is 0 Å². The standard InChI is InChI=1S/C30H39NO6/c1-18-14-23-28(35)12-13-30(37-26(34)22(31)11-7-10-19-8-5-4-6-9-19)24(27(30,2)3)21(28)15-20(17-32)16-29(23,36)25(18)33/h4-6,8-9,14-15,21-24,32,35-36H,7,10-13,16-17,31H2,1-3H3/t21-,22+,23-,24-,28+,29+,30-/m0/s1. The first-order valence-corrected chi connectivity index (χ1v) is 13.4. The van der Waals surface area contributed by atoms with Crippen LogP contribution in [0.4, 0.5) is 0 Å². The Morgan fingerprint density at radius 2 is 1.86 bits per heavy atom. The Balaban J connectivity index is 1.36. The molecular weight excluding hydrogens is 470 g/mol. The molecule has 5 N–H and O–H groups in total. The lowest BCUT2D eigenvalue weighted by Crippen LogP contribution is -2.57.